The predicted octanol–water partition coefficient (Wildman–Crippen LogP) is 2.70. The molecule has 0 spiro atoms. The zero-order chi connectivity index (χ0) is 16.3. The second-order valence-electron chi connectivity index (χ2n) is 6.73. The van der Waals surface area contributed by atoms with E-state index in [1.807, 2.05) is 6.92 Å². The number of rotatable bonds is 6. The molecule has 5 heteroatoms. The number of likely N-dealkylation sites (tertiary alicyclic amines) is 1. The molecule has 0 radical (unpaired) electrons. The minimum Gasteiger partial charge on any atom is -0.480 e. The Hall–Kier alpha value is -1.62. The number of carbonyl (C=O) groups is 1. The normalized spacial score (nSPS) is 20.6. The van der Waals surface area contributed by atoms with Crippen LogP contribution in [0.4, 0.5) is 5.82 Å². The Balaban J connectivity index is 1.74. The van der Waals surface area contributed by atoms with Gasteiger partial charge in [-0.2, -0.15) is 0 Å². The number of aromatic nitrogens is 1. The van der Waals surface area contributed by atoms with Crippen LogP contribution >= 0.6 is 0 Å². The SMILES string of the molecule is CCC(CCc1ccc2c(n1)NCCC2)(C(=O)O)N1CCCC1. The standard InChI is InChI=1S/C18H27N3O2/c1-2-18(17(22)23,21-12-3-4-13-21)10-9-15-8-7-14-6-5-11-19-16(14)20-15/h7-8H,2-6,9-13H2,1H3,(H,19,20)(H,22,23). The van der Waals surface area contributed by atoms with Crippen molar-refractivity contribution in [3.8, 4) is 0 Å². The van der Waals surface area contributed by atoms with E-state index in [4.69, 9.17) is 4.98 Å². The first-order chi connectivity index (χ1) is 11.2. The number of anilines is 1. The maximum Gasteiger partial charge on any atom is 0.324 e. The van der Waals surface area contributed by atoms with E-state index in [-0.39, 0.29) is 0 Å². The summed E-state index contributed by atoms with van der Waals surface area (Å²) in [6, 6.07) is 4.21. The van der Waals surface area contributed by atoms with Crippen LogP contribution in [0.2, 0.25) is 0 Å². The highest BCUT2D eigenvalue weighted by atomic mass is 16.4. The Bertz CT molecular complexity index is 569. The summed E-state index contributed by atoms with van der Waals surface area (Å²) in [4.78, 5) is 18.9. The van der Waals surface area contributed by atoms with Gasteiger partial charge >= 0.3 is 5.97 Å². The number of nitrogens with one attached hydrogen (secondary N) is 1. The molecule has 1 aromatic heterocycles. The molecule has 3 heterocycles. The zero-order valence-corrected chi connectivity index (χ0v) is 14.0. The third-order valence-corrected chi connectivity index (χ3v) is 5.44. The smallest absolute Gasteiger partial charge is 0.324 e. The molecule has 0 amide bonds. The van der Waals surface area contributed by atoms with Gasteiger partial charge in [0.15, 0.2) is 0 Å². The van der Waals surface area contributed by atoms with E-state index in [1.54, 1.807) is 0 Å². The summed E-state index contributed by atoms with van der Waals surface area (Å²) in [5.41, 5.74) is 1.54. The van der Waals surface area contributed by atoms with Gasteiger partial charge in [-0.05, 0) is 69.7 Å². The maximum absolute atomic E-state index is 12.0. The molecule has 2 aliphatic rings. The number of carboxylic acids is 1. The van der Waals surface area contributed by atoms with Gasteiger partial charge in [-0.1, -0.05) is 13.0 Å². The highest BCUT2D eigenvalue weighted by Gasteiger charge is 2.43. The summed E-state index contributed by atoms with van der Waals surface area (Å²) in [5, 5.41) is 13.2. The van der Waals surface area contributed by atoms with Crippen LogP contribution in [-0.2, 0) is 17.6 Å². The number of aryl methyl sites for hydroxylation is 2. The van der Waals surface area contributed by atoms with Crippen LogP contribution in [0.25, 0.3) is 0 Å². The van der Waals surface area contributed by atoms with E-state index in [0.29, 0.717) is 19.3 Å². The van der Waals surface area contributed by atoms with Crippen molar-refractivity contribution < 1.29 is 9.90 Å². The molecule has 0 aromatic carbocycles. The molecule has 1 aromatic rings. The first kappa shape index (κ1) is 16.2. The lowest BCUT2D eigenvalue weighted by Crippen LogP contribution is -2.53. The topological polar surface area (TPSA) is 65.5 Å². The van der Waals surface area contributed by atoms with Crippen molar-refractivity contribution in [1.29, 1.82) is 0 Å². The monoisotopic (exact) mass is 317 g/mol. The molecule has 2 N–H and O–H groups in total. The summed E-state index contributed by atoms with van der Waals surface area (Å²) >= 11 is 0. The van der Waals surface area contributed by atoms with Crippen LogP contribution < -0.4 is 5.32 Å². The minimum atomic E-state index is -0.735. The molecule has 1 saturated heterocycles. The Labute approximate surface area is 138 Å². The number of carboxylic acid groups (broad SMARTS) is 1. The molecule has 0 bridgehead atoms. The molecule has 1 atom stereocenters. The van der Waals surface area contributed by atoms with E-state index in [2.05, 4.69) is 22.3 Å². The third kappa shape index (κ3) is 3.20. The predicted molar refractivity (Wildman–Crippen MR) is 90.8 cm³/mol. The van der Waals surface area contributed by atoms with Gasteiger partial charge in [-0.25, -0.2) is 4.98 Å². The van der Waals surface area contributed by atoms with Gasteiger partial charge in [0, 0.05) is 12.2 Å². The highest BCUT2D eigenvalue weighted by molar-refractivity contribution is 5.78. The molecular weight excluding hydrogens is 290 g/mol. The number of hydrogen-bond acceptors (Lipinski definition) is 4. The Morgan fingerprint density at radius 3 is 2.83 bits per heavy atom. The van der Waals surface area contributed by atoms with Gasteiger partial charge in [0.05, 0.1) is 0 Å². The fourth-order valence-electron chi connectivity index (χ4n) is 3.94. The number of fused-ring (bicyclic) bond motifs is 1. The lowest BCUT2D eigenvalue weighted by atomic mass is 9.87. The molecule has 3 rings (SSSR count). The van der Waals surface area contributed by atoms with E-state index in [0.717, 1.165) is 56.8 Å². The largest absolute Gasteiger partial charge is 0.480 e. The van der Waals surface area contributed by atoms with Crippen LogP contribution in [-0.4, -0.2) is 46.1 Å². The lowest BCUT2D eigenvalue weighted by molar-refractivity contribution is -0.152. The van der Waals surface area contributed by atoms with Crippen molar-refractivity contribution in [2.45, 2.75) is 57.4 Å². The first-order valence-electron chi connectivity index (χ1n) is 8.87. The third-order valence-electron chi connectivity index (χ3n) is 5.44. The molecule has 0 aliphatic carbocycles. The molecular formula is C18H27N3O2. The molecule has 126 valence electrons. The Morgan fingerprint density at radius 1 is 1.35 bits per heavy atom. The van der Waals surface area contributed by atoms with Gasteiger partial charge in [0.2, 0.25) is 0 Å². The van der Waals surface area contributed by atoms with E-state index >= 15 is 0 Å². The lowest BCUT2D eigenvalue weighted by Gasteiger charge is -2.37. The van der Waals surface area contributed by atoms with Crippen molar-refractivity contribution in [3.63, 3.8) is 0 Å². The van der Waals surface area contributed by atoms with Crippen LogP contribution in [0.3, 0.4) is 0 Å². The first-order valence-corrected chi connectivity index (χ1v) is 8.87. The van der Waals surface area contributed by atoms with Crippen LogP contribution in [0, 0.1) is 0 Å². The fraction of sp³-hybridized carbons (Fsp3) is 0.667. The van der Waals surface area contributed by atoms with Crippen LogP contribution in [0.1, 0.15) is 50.3 Å². The van der Waals surface area contributed by atoms with Crippen molar-refractivity contribution in [3.05, 3.63) is 23.4 Å². The highest BCUT2D eigenvalue weighted by Crippen LogP contribution is 2.30. The average Bonchev–Trinajstić information content (AvgIpc) is 3.10. The van der Waals surface area contributed by atoms with E-state index in [1.165, 1.54) is 5.56 Å². The van der Waals surface area contributed by atoms with Gasteiger partial charge in [-0.15, -0.1) is 0 Å². The van der Waals surface area contributed by atoms with Gasteiger partial charge < -0.3 is 10.4 Å². The van der Waals surface area contributed by atoms with Crippen LogP contribution in [0.15, 0.2) is 12.1 Å². The van der Waals surface area contributed by atoms with Crippen molar-refractivity contribution in [2.24, 2.45) is 0 Å². The molecule has 5 nitrogen and oxygen atoms in total. The zero-order valence-electron chi connectivity index (χ0n) is 14.0. The summed E-state index contributed by atoms with van der Waals surface area (Å²) in [6.45, 7) is 4.78. The minimum absolute atomic E-state index is 0.630. The number of hydrogen-bond donors (Lipinski definition) is 2. The van der Waals surface area contributed by atoms with E-state index < -0.39 is 11.5 Å². The molecule has 1 fully saturated rings. The summed E-state index contributed by atoms with van der Waals surface area (Å²) in [5.74, 6) is 0.310. The molecule has 23 heavy (non-hydrogen) atoms. The van der Waals surface area contributed by atoms with Gasteiger partial charge in [0.1, 0.15) is 11.4 Å². The number of pyridine rings is 1. The Kier molecular flexibility index (Phi) is 4.85. The number of nitrogens with zero attached hydrogens (tertiary/aromatic N) is 2. The Morgan fingerprint density at radius 2 is 2.13 bits per heavy atom. The van der Waals surface area contributed by atoms with Gasteiger partial charge in [0.25, 0.3) is 0 Å². The summed E-state index contributed by atoms with van der Waals surface area (Å²) in [7, 11) is 0. The summed E-state index contributed by atoms with van der Waals surface area (Å²) < 4.78 is 0. The second kappa shape index (κ2) is 6.87. The van der Waals surface area contributed by atoms with E-state index in [9.17, 15) is 9.90 Å². The average molecular weight is 317 g/mol. The quantitative estimate of drug-likeness (QED) is 0.844. The molecule has 1 unspecified atom stereocenters. The second-order valence-corrected chi connectivity index (χ2v) is 6.73. The fourth-order valence-corrected chi connectivity index (χ4v) is 3.94. The number of aliphatic carboxylic acids is 1. The van der Waals surface area contributed by atoms with Crippen molar-refractivity contribution in [1.82, 2.24) is 9.88 Å². The maximum atomic E-state index is 12.0. The van der Waals surface area contributed by atoms with Crippen molar-refractivity contribution in [2.75, 3.05) is 25.0 Å². The van der Waals surface area contributed by atoms with Crippen LogP contribution in [0.5, 0.6) is 0 Å². The molecule has 0 saturated carbocycles. The van der Waals surface area contributed by atoms with Gasteiger partial charge in [-0.3, -0.25) is 9.69 Å². The molecule has 2 aliphatic heterocycles. The van der Waals surface area contributed by atoms with Crippen molar-refractivity contribution >= 4 is 11.8 Å². The summed E-state index contributed by atoms with van der Waals surface area (Å²) in [6.07, 6.45) is 6.44.